The lowest BCUT2D eigenvalue weighted by Crippen LogP contribution is -2.13. The van der Waals surface area contributed by atoms with Gasteiger partial charge < -0.3 is 9.47 Å². The Hall–Kier alpha value is -1.84. The van der Waals surface area contributed by atoms with E-state index in [1.807, 2.05) is 13.8 Å². The van der Waals surface area contributed by atoms with E-state index in [0.717, 1.165) is 0 Å². The highest BCUT2D eigenvalue weighted by atomic mass is 16.5. The SMILES string of the molecule is CC(=O)Oc1ccccc1C(=O)OCC(C)C. The van der Waals surface area contributed by atoms with Crippen LogP contribution in [0, 0.1) is 5.92 Å². The van der Waals surface area contributed by atoms with Gasteiger partial charge in [0.15, 0.2) is 0 Å². The quantitative estimate of drug-likeness (QED) is 0.595. The van der Waals surface area contributed by atoms with E-state index in [4.69, 9.17) is 9.47 Å². The van der Waals surface area contributed by atoms with E-state index in [1.54, 1.807) is 24.3 Å². The summed E-state index contributed by atoms with van der Waals surface area (Å²) in [5.41, 5.74) is 0.267. The zero-order valence-corrected chi connectivity index (χ0v) is 10.2. The first-order chi connectivity index (χ1) is 8.00. The van der Waals surface area contributed by atoms with Gasteiger partial charge in [-0.15, -0.1) is 0 Å². The summed E-state index contributed by atoms with van der Waals surface area (Å²) in [6.45, 7) is 5.53. The van der Waals surface area contributed by atoms with Crippen molar-refractivity contribution in [2.24, 2.45) is 5.92 Å². The highest BCUT2D eigenvalue weighted by Crippen LogP contribution is 2.19. The van der Waals surface area contributed by atoms with E-state index >= 15 is 0 Å². The minimum atomic E-state index is -0.476. The number of benzene rings is 1. The number of hydrogen-bond donors (Lipinski definition) is 0. The van der Waals surface area contributed by atoms with E-state index in [9.17, 15) is 9.59 Å². The third-order valence-corrected chi connectivity index (χ3v) is 1.91. The molecule has 0 radical (unpaired) electrons. The average molecular weight is 236 g/mol. The zero-order valence-electron chi connectivity index (χ0n) is 10.2. The highest BCUT2D eigenvalue weighted by molar-refractivity contribution is 5.93. The van der Waals surface area contributed by atoms with Crippen molar-refractivity contribution < 1.29 is 19.1 Å². The summed E-state index contributed by atoms with van der Waals surface area (Å²) in [5.74, 6) is -0.446. The van der Waals surface area contributed by atoms with Crippen LogP contribution in [0.1, 0.15) is 31.1 Å². The molecule has 4 heteroatoms. The second kappa shape index (κ2) is 6.03. The molecular formula is C13H16O4. The van der Waals surface area contributed by atoms with Crippen LogP contribution in [0.4, 0.5) is 0 Å². The van der Waals surface area contributed by atoms with Crippen molar-refractivity contribution in [2.75, 3.05) is 6.61 Å². The molecule has 0 fully saturated rings. The van der Waals surface area contributed by atoms with Crippen LogP contribution in [0.25, 0.3) is 0 Å². The third-order valence-electron chi connectivity index (χ3n) is 1.91. The summed E-state index contributed by atoms with van der Waals surface area (Å²) in [6.07, 6.45) is 0. The predicted octanol–water partition coefficient (Wildman–Crippen LogP) is 2.42. The minimum absolute atomic E-state index is 0.230. The van der Waals surface area contributed by atoms with E-state index < -0.39 is 11.9 Å². The van der Waals surface area contributed by atoms with Gasteiger partial charge in [0.2, 0.25) is 0 Å². The van der Waals surface area contributed by atoms with Gasteiger partial charge in [-0.2, -0.15) is 0 Å². The van der Waals surface area contributed by atoms with Gasteiger partial charge in [0.25, 0.3) is 0 Å². The van der Waals surface area contributed by atoms with Crippen molar-refractivity contribution in [3.8, 4) is 5.75 Å². The zero-order chi connectivity index (χ0) is 12.8. The minimum Gasteiger partial charge on any atom is -0.462 e. The molecular weight excluding hydrogens is 220 g/mol. The molecule has 1 aromatic rings. The van der Waals surface area contributed by atoms with Gasteiger partial charge in [-0.05, 0) is 18.1 Å². The maximum atomic E-state index is 11.7. The number of para-hydroxylation sites is 1. The Labute approximate surface area is 101 Å². The molecule has 4 nitrogen and oxygen atoms in total. The van der Waals surface area contributed by atoms with Crippen LogP contribution >= 0.6 is 0 Å². The topological polar surface area (TPSA) is 52.6 Å². The van der Waals surface area contributed by atoms with E-state index in [2.05, 4.69) is 0 Å². The molecule has 0 saturated heterocycles. The monoisotopic (exact) mass is 236 g/mol. The Morgan fingerprint density at radius 3 is 2.47 bits per heavy atom. The molecule has 0 N–H and O–H groups in total. The molecule has 1 rings (SSSR count). The summed E-state index contributed by atoms with van der Waals surface area (Å²) in [4.78, 5) is 22.6. The van der Waals surface area contributed by atoms with Crippen molar-refractivity contribution in [1.82, 2.24) is 0 Å². The molecule has 0 aliphatic rings. The van der Waals surface area contributed by atoms with Gasteiger partial charge >= 0.3 is 11.9 Å². The van der Waals surface area contributed by atoms with E-state index in [-0.39, 0.29) is 17.2 Å². The number of ether oxygens (including phenoxy) is 2. The molecule has 0 bridgehead atoms. The van der Waals surface area contributed by atoms with Crippen LogP contribution in [0.3, 0.4) is 0 Å². The van der Waals surface area contributed by atoms with Crippen LogP contribution in [-0.2, 0) is 9.53 Å². The molecule has 92 valence electrons. The maximum absolute atomic E-state index is 11.7. The summed E-state index contributed by atoms with van der Waals surface area (Å²) in [7, 11) is 0. The molecule has 0 aromatic heterocycles. The normalized spacial score (nSPS) is 10.1. The number of hydrogen-bond acceptors (Lipinski definition) is 4. The summed E-state index contributed by atoms with van der Waals surface area (Å²) >= 11 is 0. The molecule has 0 aliphatic heterocycles. The molecule has 0 aliphatic carbocycles. The Morgan fingerprint density at radius 2 is 1.88 bits per heavy atom. The first kappa shape index (κ1) is 13.2. The summed E-state index contributed by atoms with van der Waals surface area (Å²) < 4.78 is 10.0. The van der Waals surface area contributed by atoms with Crippen LogP contribution in [0.15, 0.2) is 24.3 Å². The molecule has 17 heavy (non-hydrogen) atoms. The Balaban J connectivity index is 2.81. The summed E-state index contributed by atoms with van der Waals surface area (Å²) in [5, 5.41) is 0. The lowest BCUT2D eigenvalue weighted by molar-refractivity contribution is -0.131. The molecule has 0 atom stereocenters. The number of esters is 2. The molecule has 0 heterocycles. The fourth-order valence-electron chi connectivity index (χ4n) is 1.20. The van der Waals surface area contributed by atoms with Gasteiger partial charge in [-0.25, -0.2) is 4.79 Å². The van der Waals surface area contributed by atoms with Gasteiger partial charge in [-0.1, -0.05) is 26.0 Å². The lowest BCUT2D eigenvalue weighted by Gasteiger charge is -2.10. The number of carbonyl (C=O) groups is 2. The molecule has 1 aromatic carbocycles. The van der Waals surface area contributed by atoms with E-state index in [1.165, 1.54) is 6.92 Å². The largest absolute Gasteiger partial charge is 0.462 e. The average Bonchev–Trinajstić information content (AvgIpc) is 2.25. The smallest absolute Gasteiger partial charge is 0.341 e. The Kier molecular flexibility index (Phi) is 4.69. The van der Waals surface area contributed by atoms with Gasteiger partial charge in [0, 0.05) is 6.92 Å². The molecule has 0 amide bonds. The Morgan fingerprint density at radius 1 is 1.24 bits per heavy atom. The van der Waals surface area contributed by atoms with E-state index in [0.29, 0.717) is 6.61 Å². The lowest BCUT2D eigenvalue weighted by atomic mass is 10.2. The predicted molar refractivity (Wildman–Crippen MR) is 62.9 cm³/mol. The second-order valence-corrected chi connectivity index (χ2v) is 4.08. The van der Waals surface area contributed by atoms with Crippen molar-refractivity contribution in [2.45, 2.75) is 20.8 Å². The Bertz CT molecular complexity index is 410. The van der Waals surface area contributed by atoms with Crippen LogP contribution in [-0.4, -0.2) is 18.5 Å². The molecule has 0 saturated carbocycles. The standard InChI is InChI=1S/C13H16O4/c1-9(2)8-16-13(15)11-6-4-5-7-12(11)17-10(3)14/h4-7,9H,8H2,1-3H3. The van der Waals surface area contributed by atoms with Crippen LogP contribution in [0.2, 0.25) is 0 Å². The first-order valence-electron chi connectivity index (χ1n) is 5.45. The van der Waals surface area contributed by atoms with Gasteiger partial charge in [-0.3, -0.25) is 4.79 Å². The highest BCUT2D eigenvalue weighted by Gasteiger charge is 2.15. The molecule has 0 unspecified atom stereocenters. The van der Waals surface area contributed by atoms with Crippen molar-refractivity contribution in [1.29, 1.82) is 0 Å². The van der Waals surface area contributed by atoms with Gasteiger partial charge in [0.1, 0.15) is 11.3 Å². The first-order valence-corrected chi connectivity index (χ1v) is 5.45. The second-order valence-electron chi connectivity index (χ2n) is 4.08. The van der Waals surface area contributed by atoms with Crippen molar-refractivity contribution >= 4 is 11.9 Å². The van der Waals surface area contributed by atoms with Gasteiger partial charge in [0.05, 0.1) is 6.61 Å². The third kappa shape index (κ3) is 4.26. The van der Waals surface area contributed by atoms with Crippen LogP contribution in [0.5, 0.6) is 5.75 Å². The summed E-state index contributed by atoms with van der Waals surface area (Å²) in [6, 6.07) is 6.52. The fourth-order valence-corrected chi connectivity index (χ4v) is 1.20. The fraction of sp³-hybridized carbons (Fsp3) is 0.385. The number of rotatable bonds is 4. The van der Waals surface area contributed by atoms with Crippen molar-refractivity contribution in [3.63, 3.8) is 0 Å². The molecule has 0 spiro atoms. The van der Waals surface area contributed by atoms with Crippen LogP contribution < -0.4 is 4.74 Å². The van der Waals surface area contributed by atoms with Crippen molar-refractivity contribution in [3.05, 3.63) is 29.8 Å². The maximum Gasteiger partial charge on any atom is 0.341 e. The number of carbonyl (C=O) groups excluding carboxylic acids is 2.